The number of aromatic amines is 1. The van der Waals surface area contributed by atoms with E-state index in [1.807, 2.05) is 6.07 Å². The number of nitrogens with two attached hydrogens (primary N) is 1. The highest BCUT2D eigenvalue weighted by Crippen LogP contribution is 2.26. The Hall–Kier alpha value is -2.29. The lowest BCUT2D eigenvalue weighted by Crippen LogP contribution is -1.93. The molecule has 3 aromatic rings. The van der Waals surface area contributed by atoms with Gasteiger partial charge < -0.3 is 5.73 Å². The predicted molar refractivity (Wildman–Crippen MR) is 84.5 cm³/mol. The minimum atomic E-state index is 0.554. The van der Waals surface area contributed by atoms with Crippen molar-refractivity contribution in [2.24, 2.45) is 5.92 Å². The molecular formula is C17H19N3. The first-order valence-corrected chi connectivity index (χ1v) is 6.96. The molecule has 1 aromatic heterocycles. The van der Waals surface area contributed by atoms with Gasteiger partial charge in [-0.15, -0.1) is 0 Å². The van der Waals surface area contributed by atoms with Crippen molar-refractivity contribution >= 4 is 16.7 Å². The quantitative estimate of drug-likeness (QED) is 0.751. The number of aromatic nitrogens is 2. The zero-order valence-electron chi connectivity index (χ0n) is 11.9. The Morgan fingerprint density at radius 1 is 1.05 bits per heavy atom. The van der Waals surface area contributed by atoms with E-state index in [0.29, 0.717) is 11.7 Å². The number of nitrogens with one attached hydrogen (secondary N) is 1. The van der Waals surface area contributed by atoms with Crippen LogP contribution in [0.15, 0.2) is 42.5 Å². The molecule has 0 aliphatic rings. The minimum absolute atomic E-state index is 0.554. The third kappa shape index (κ3) is 2.39. The Kier molecular flexibility index (Phi) is 3.18. The van der Waals surface area contributed by atoms with E-state index in [0.717, 1.165) is 17.3 Å². The first-order chi connectivity index (χ1) is 9.63. The molecular weight excluding hydrogens is 246 g/mol. The Balaban J connectivity index is 1.95. The third-order valence-corrected chi connectivity index (χ3v) is 3.52. The first kappa shape index (κ1) is 12.7. The summed E-state index contributed by atoms with van der Waals surface area (Å²) in [6.45, 7) is 4.48. The highest BCUT2D eigenvalue weighted by atomic mass is 15.1. The second-order valence-electron chi connectivity index (χ2n) is 5.66. The Morgan fingerprint density at radius 3 is 2.45 bits per heavy atom. The van der Waals surface area contributed by atoms with Crippen molar-refractivity contribution in [2.75, 3.05) is 5.73 Å². The van der Waals surface area contributed by atoms with E-state index in [1.165, 1.54) is 16.7 Å². The molecule has 0 spiro atoms. The monoisotopic (exact) mass is 265 g/mol. The highest BCUT2D eigenvalue weighted by molar-refractivity contribution is 5.92. The van der Waals surface area contributed by atoms with Crippen LogP contribution in [0.5, 0.6) is 0 Å². The number of hydrogen-bond acceptors (Lipinski definition) is 2. The molecule has 3 rings (SSSR count). The van der Waals surface area contributed by atoms with Crippen LogP contribution in [0.1, 0.15) is 19.4 Å². The lowest BCUT2D eigenvalue weighted by Gasteiger charge is -2.07. The SMILES string of the molecule is CC(C)Cc1ccc(-c2ccc3[nH]nc(N)c3c2)cc1. The van der Waals surface area contributed by atoms with Crippen molar-refractivity contribution in [3.63, 3.8) is 0 Å². The Bertz CT molecular complexity index is 724. The number of nitrogens with zero attached hydrogens (tertiary/aromatic N) is 1. The van der Waals surface area contributed by atoms with Crippen molar-refractivity contribution in [3.05, 3.63) is 48.0 Å². The van der Waals surface area contributed by atoms with Crippen LogP contribution in [0, 0.1) is 5.92 Å². The number of H-pyrrole nitrogens is 1. The summed E-state index contributed by atoms with van der Waals surface area (Å²) in [5.74, 6) is 1.24. The van der Waals surface area contributed by atoms with Gasteiger partial charge in [-0.25, -0.2) is 0 Å². The zero-order valence-corrected chi connectivity index (χ0v) is 11.9. The number of rotatable bonds is 3. The molecule has 102 valence electrons. The van der Waals surface area contributed by atoms with Crippen molar-refractivity contribution in [2.45, 2.75) is 20.3 Å². The molecule has 0 aliphatic carbocycles. The molecule has 0 saturated carbocycles. The molecule has 3 heteroatoms. The van der Waals surface area contributed by atoms with E-state index in [2.05, 4.69) is 60.4 Å². The zero-order chi connectivity index (χ0) is 14.1. The van der Waals surface area contributed by atoms with Crippen molar-refractivity contribution in [1.29, 1.82) is 0 Å². The molecule has 0 radical (unpaired) electrons. The fourth-order valence-electron chi connectivity index (χ4n) is 2.52. The Labute approximate surface area is 118 Å². The highest BCUT2D eigenvalue weighted by Gasteiger charge is 2.05. The second-order valence-corrected chi connectivity index (χ2v) is 5.66. The van der Waals surface area contributed by atoms with Crippen LogP contribution in [0.3, 0.4) is 0 Å². The summed E-state index contributed by atoms with van der Waals surface area (Å²) in [4.78, 5) is 0. The molecule has 3 nitrogen and oxygen atoms in total. The lowest BCUT2D eigenvalue weighted by molar-refractivity contribution is 0.647. The molecule has 0 amide bonds. The van der Waals surface area contributed by atoms with Gasteiger partial charge in [0.2, 0.25) is 0 Å². The molecule has 0 fully saturated rings. The maximum atomic E-state index is 5.86. The summed E-state index contributed by atoms with van der Waals surface area (Å²) in [7, 11) is 0. The van der Waals surface area contributed by atoms with E-state index >= 15 is 0 Å². The summed E-state index contributed by atoms with van der Waals surface area (Å²) in [6, 6.07) is 15.0. The predicted octanol–water partition coefficient (Wildman–Crippen LogP) is 4.01. The summed E-state index contributed by atoms with van der Waals surface area (Å²) < 4.78 is 0. The van der Waals surface area contributed by atoms with Gasteiger partial charge in [-0.1, -0.05) is 44.2 Å². The summed E-state index contributed by atoms with van der Waals surface area (Å²) in [6.07, 6.45) is 1.12. The molecule has 0 atom stereocenters. The lowest BCUT2D eigenvalue weighted by atomic mass is 9.98. The van der Waals surface area contributed by atoms with E-state index in [4.69, 9.17) is 5.73 Å². The largest absolute Gasteiger partial charge is 0.382 e. The van der Waals surface area contributed by atoms with Gasteiger partial charge in [0.05, 0.1) is 5.52 Å². The molecule has 20 heavy (non-hydrogen) atoms. The van der Waals surface area contributed by atoms with Gasteiger partial charge in [0.1, 0.15) is 0 Å². The van der Waals surface area contributed by atoms with Crippen LogP contribution in [0.2, 0.25) is 0 Å². The Morgan fingerprint density at radius 2 is 1.75 bits per heavy atom. The van der Waals surface area contributed by atoms with Gasteiger partial charge in [0.15, 0.2) is 5.82 Å². The van der Waals surface area contributed by atoms with Gasteiger partial charge in [0.25, 0.3) is 0 Å². The molecule has 0 unspecified atom stereocenters. The van der Waals surface area contributed by atoms with Crippen molar-refractivity contribution in [1.82, 2.24) is 10.2 Å². The van der Waals surface area contributed by atoms with E-state index < -0.39 is 0 Å². The van der Waals surface area contributed by atoms with Gasteiger partial charge in [0, 0.05) is 5.39 Å². The molecule has 0 saturated heterocycles. The molecule has 2 aromatic carbocycles. The van der Waals surface area contributed by atoms with Gasteiger partial charge in [-0.3, -0.25) is 5.10 Å². The fraction of sp³-hybridized carbons (Fsp3) is 0.235. The fourth-order valence-corrected chi connectivity index (χ4v) is 2.52. The molecule has 0 aliphatic heterocycles. The maximum Gasteiger partial charge on any atom is 0.153 e. The standard InChI is InChI=1S/C17H19N3/c1-11(2)9-12-3-5-13(6-4-12)14-7-8-16-15(10-14)17(18)20-19-16/h3-8,10-11H,9H2,1-2H3,(H3,18,19,20). The van der Waals surface area contributed by atoms with Crippen LogP contribution in [0.25, 0.3) is 22.0 Å². The van der Waals surface area contributed by atoms with Gasteiger partial charge in [-0.2, -0.15) is 5.10 Å². The third-order valence-electron chi connectivity index (χ3n) is 3.52. The maximum absolute atomic E-state index is 5.86. The molecule has 3 N–H and O–H groups in total. The van der Waals surface area contributed by atoms with Crippen LogP contribution < -0.4 is 5.73 Å². The topological polar surface area (TPSA) is 54.7 Å². The van der Waals surface area contributed by atoms with Crippen LogP contribution in [0.4, 0.5) is 5.82 Å². The van der Waals surface area contributed by atoms with Crippen LogP contribution >= 0.6 is 0 Å². The average Bonchev–Trinajstić information content (AvgIpc) is 2.80. The summed E-state index contributed by atoms with van der Waals surface area (Å²) >= 11 is 0. The number of benzene rings is 2. The smallest absolute Gasteiger partial charge is 0.153 e. The average molecular weight is 265 g/mol. The van der Waals surface area contributed by atoms with Crippen LogP contribution in [-0.4, -0.2) is 10.2 Å². The second kappa shape index (κ2) is 5.00. The van der Waals surface area contributed by atoms with E-state index in [9.17, 15) is 0 Å². The normalized spacial score (nSPS) is 11.3. The number of hydrogen-bond donors (Lipinski definition) is 2. The first-order valence-electron chi connectivity index (χ1n) is 6.96. The van der Waals surface area contributed by atoms with Crippen molar-refractivity contribution in [3.8, 4) is 11.1 Å². The number of anilines is 1. The van der Waals surface area contributed by atoms with Gasteiger partial charge >= 0.3 is 0 Å². The number of fused-ring (bicyclic) bond motifs is 1. The van der Waals surface area contributed by atoms with Crippen molar-refractivity contribution < 1.29 is 0 Å². The summed E-state index contributed by atoms with van der Waals surface area (Å²) in [5, 5.41) is 7.93. The summed E-state index contributed by atoms with van der Waals surface area (Å²) in [5.41, 5.74) is 10.6. The minimum Gasteiger partial charge on any atom is -0.382 e. The van der Waals surface area contributed by atoms with E-state index in [-0.39, 0.29) is 0 Å². The van der Waals surface area contributed by atoms with E-state index in [1.54, 1.807) is 0 Å². The molecule has 0 bridgehead atoms. The van der Waals surface area contributed by atoms with Crippen LogP contribution in [-0.2, 0) is 6.42 Å². The van der Waals surface area contributed by atoms with Gasteiger partial charge in [-0.05, 0) is 41.2 Å². The molecule has 1 heterocycles. The number of nitrogen functional groups attached to an aromatic ring is 1.